The zero-order valence-corrected chi connectivity index (χ0v) is 12.8. The van der Waals surface area contributed by atoms with Crippen LogP contribution in [0.4, 0.5) is 11.4 Å². The van der Waals surface area contributed by atoms with Crippen molar-refractivity contribution in [2.75, 3.05) is 24.1 Å². The molecule has 1 aliphatic rings. The van der Waals surface area contributed by atoms with Gasteiger partial charge in [-0.1, -0.05) is 18.5 Å². The number of nitrogen functional groups attached to an aromatic ring is 1. The highest BCUT2D eigenvalue weighted by Gasteiger charge is 2.25. The molecule has 0 bridgehead atoms. The molecule has 3 N–H and O–H groups in total. The minimum absolute atomic E-state index is 0.0342. The summed E-state index contributed by atoms with van der Waals surface area (Å²) in [4.78, 5) is 14.6. The topological polar surface area (TPSA) is 58.4 Å². The van der Waals surface area contributed by atoms with Crippen LogP contribution < -0.4 is 11.1 Å². The van der Waals surface area contributed by atoms with Crippen LogP contribution in [0, 0.1) is 5.92 Å². The number of hydrogen-bond donors (Lipinski definition) is 2. The summed E-state index contributed by atoms with van der Waals surface area (Å²) in [5, 5.41) is 3.44. The molecule has 0 radical (unpaired) electrons. The molecule has 0 saturated carbocycles. The predicted molar refractivity (Wildman–Crippen MR) is 83.9 cm³/mol. The van der Waals surface area contributed by atoms with Crippen LogP contribution >= 0.6 is 11.6 Å². The van der Waals surface area contributed by atoms with Crippen LogP contribution in [0.1, 0.15) is 26.7 Å². The molecule has 1 aromatic carbocycles. The number of carbonyl (C=O) groups excluding carboxylic acids is 1. The number of carbonyl (C=O) groups is 1. The monoisotopic (exact) mass is 295 g/mol. The molecule has 1 fully saturated rings. The summed E-state index contributed by atoms with van der Waals surface area (Å²) in [6.07, 6.45) is 2.39. The molecule has 4 nitrogen and oxygen atoms in total. The summed E-state index contributed by atoms with van der Waals surface area (Å²) in [5.41, 5.74) is 6.96. The van der Waals surface area contributed by atoms with Gasteiger partial charge in [-0.25, -0.2) is 0 Å². The van der Waals surface area contributed by atoms with Crippen LogP contribution in [0.2, 0.25) is 5.02 Å². The Kier molecular flexibility index (Phi) is 4.89. The van der Waals surface area contributed by atoms with E-state index in [1.54, 1.807) is 18.2 Å². The van der Waals surface area contributed by atoms with E-state index >= 15 is 0 Å². The highest BCUT2D eigenvalue weighted by molar-refractivity contribution is 6.31. The second-order valence-corrected chi connectivity index (χ2v) is 6.08. The Morgan fingerprint density at radius 3 is 3.00 bits per heavy atom. The molecule has 1 saturated heterocycles. The van der Waals surface area contributed by atoms with Crippen molar-refractivity contribution >= 4 is 28.9 Å². The van der Waals surface area contributed by atoms with Gasteiger partial charge in [-0.3, -0.25) is 9.69 Å². The number of halogens is 1. The molecule has 1 heterocycles. The number of nitrogens with one attached hydrogen (secondary N) is 1. The lowest BCUT2D eigenvalue weighted by Crippen LogP contribution is -2.46. The summed E-state index contributed by atoms with van der Waals surface area (Å²) < 4.78 is 0. The standard InChI is InChI=1S/C15H22ClN3O/c1-10-4-3-7-19(9-10)11(2)15(20)18-14-8-12(16)5-6-13(14)17/h5-6,8,10-11H,3-4,7,9,17H2,1-2H3,(H,18,20). The highest BCUT2D eigenvalue weighted by Crippen LogP contribution is 2.24. The SMILES string of the molecule is CC1CCCN(C(C)C(=O)Nc2cc(Cl)ccc2N)C1. The van der Waals surface area contributed by atoms with Gasteiger partial charge < -0.3 is 11.1 Å². The zero-order valence-electron chi connectivity index (χ0n) is 12.0. The number of nitrogens with two attached hydrogens (primary N) is 1. The van der Waals surface area contributed by atoms with Crippen molar-refractivity contribution in [2.45, 2.75) is 32.7 Å². The Labute approximate surface area is 125 Å². The lowest BCUT2D eigenvalue weighted by molar-refractivity contribution is -0.121. The molecule has 0 aliphatic carbocycles. The van der Waals surface area contributed by atoms with Crippen LogP contribution in [0.3, 0.4) is 0 Å². The quantitative estimate of drug-likeness (QED) is 0.843. The molecule has 2 rings (SSSR count). The highest BCUT2D eigenvalue weighted by atomic mass is 35.5. The van der Waals surface area contributed by atoms with Gasteiger partial charge in [-0.15, -0.1) is 0 Å². The average Bonchev–Trinajstić information content (AvgIpc) is 2.42. The number of anilines is 2. The third kappa shape index (κ3) is 3.64. The third-order valence-electron chi connectivity index (χ3n) is 3.89. The number of amides is 1. The van der Waals surface area contributed by atoms with Crippen molar-refractivity contribution in [3.63, 3.8) is 0 Å². The van der Waals surface area contributed by atoms with Crippen molar-refractivity contribution in [3.8, 4) is 0 Å². The molecule has 1 aliphatic heterocycles. The summed E-state index contributed by atoms with van der Waals surface area (Å²) in [6, 6.07) is 4.94. The van der Waals surface area contributed by atoms with E-state index in [0.29, 0.717) is 22.3 Å². The Morgan fingerprint density at radius 1 is 1.55 bits per heavy atom. The molecule has 2 unspecified atom stereocenters. The molecular formula is C15H22ClN3O. The van der Waals surface area contributed by atoms with Gasteiger partial charge in [0.05, 0.1) is 17.4 Å². The van der Waals surface area contributed by atoms with E-state index in [9.17, 15) is 4.79 Å². The number of likely N-dealkylation sites (tertiary alicyclic amines) is 1. The number of piperidine rings is 1. The van der Waals surface area contributed by atoms with Crippen molar-refractivity contribution in [2.24, 2.45) is 5.92 Å². The molecule has 1 aromatic rings. The minimum Gasteiger partial charge on any atom is -0.397 e. The Morgan fingerprint density at radius 2 is 2.30 bits per heavy atom. The third-order valence-corrected chi connectivity index (χ3v) is 4.12. The maximum absolute atomic E-state index is 12.3. The minimum atomic E-state index is -0.156. The molecule has 1 amide bonds. The van der Waals surface area contributed by atoms with E-state index in [4.69, 9.17) is 17.3 Å². The van der Waals surface area contributed by atoms with Gasteiger partial charge in [0.2, 0.25) is 5.91 Å². The fourth-order valence-corrected chi connectivity index (χ4v) is 2.79. The summed E-state index contributed by atoms with van der Waals surface area (Å²) in [6.45, 7) is 6.11. The largest absolute Gasteiger partial charge is 0.397 e. The number of rotatable bonds is 3. The van der Waals surface area contributed by atoms with E-state index in [1.165, 1.54) is 6.42 Å². The van der Waals surface area contributed by atoms with Crippen molar-refractivity contribution in [1.29, 1.82) is 0 Å². The summed E-state index contributed by atoms with van der Waals surface area (Å²) in [7, 11) is 0. The average molecular weight is 296 g/mol. The van der Waals surface area contributed by atoms with E-state index in [-0.39, 0.29) is 11.9 Å². The van der Waals surface area contributed by atoms with Crippen molar-refractivity contribution in [1.82, 2.24) is 4.90 Å². The van der Waals surface area contributed by atoms with Crippen LogP contribution in [0.15, 0.2) is 18.2 Å². The van der Waals surface area contributed by atoms with Crippen LogP contribution in [0.5, 0.6) is 0 Å². The van der Waals surface area contributed by atoms with Gasteiger partial charge in [-0.2, -0.15) is 0 Å². The first kappa shape index (κ1) is 15.1. The van der Waals surface area contributed by atoms with E-state index in [0.717, 1.165) is 19.5 Å². The normalized spacial score (nSPS) is 21.4. The molecule has 20 heavy (non-hydrogen) atoms. The van der Waals surface area contributed by atoms with Gasteiger partial charge in [-0.05, 0) is 50.4 Å². The van der Waals surface area contributed by atoms with Gasteiger partial charge in [0.1, 0.15) is 0 Å². The zero-order chi connectivity index (χ0) is 14.7. The van der Waals surface area contributed by atoms with Gasteiger partial charge in [0, 0.05) is 11.6 Å². The lowest BCUT2D eigenvalue weighted by atomic mass is 9.99. The second-order valence-electron chi connectivity index (χ2n) is 5.64. The van der Waals surface area contributed by atoms with E-state index < -0.39 is 0 Å². The Bertz CT molecular complexity index is 492. The number of hydrogen-bond acceptors (Lipinski definition) is 3. The molecule has 2 atom stereocenters. The van der Waals surface area contributed by atoms with Gasteiger partial charge in [0.25, 0.3) is 0 Å². The smallest absolute Gasteiger partial charge is 0.241 e. The summed E-state index contributed by atoms with van der Waals surface area (Å²) >= 11 is 5.93. The van der Waals surface area contributed by atoms with Crippen LogP contribution in [0.25, 0.3) is 0 Å². The fourth-order valence-electron chi connectivity index (χ4n) is 2.62. The van der Waals surface area contributed by atoms with E-state index in [1.807, 2.05) is 6.92 Å². The first-order chi connectivity index (χ1) is 9.47. The number of benzene rings is 1. The maximum Gasteiger partial charge on any atom is 0.241 e. The number of nitrogens with zero attached hydrogens (tertiary/aromatic N) is 1. The molecule has 0 spiro atoms. The van der Waals surface area contributed by atoms with Crippen molar-refractivity contribution < 1.29 is 4.79 Å². The van der Waals surface area contributed by atoms with Crippen molar-refractivity contribution in [3.05, 3.63) is 23.2 Å². The molecule has 5 heteroatoms. The first-order valence-corrected chi connectivity index (χ1v) is 7.45. The van der Waals surface area contributed by atoms with Gasteiger partial charge in [0.15, 0.2) is 0 Å². The predicted octanol–water partition coefficient (Wildman–Crippen LogP) is 2.98. The molecular weight excluding hydrogens is 274 g/mol. The van der Waals surface area contributed by atoms with Gasteiger partial charge >= 0.3 is 0 Å². The first-order valence-electron chi connectivity index (χ1n) is 7.07. The Balaban J connectivity index is 2.02. The second kappa shape index (κ2) is 6.46. The summed E-state index contributed by atoms with van der Waals surface area (Å²) in [5.74, 6) is 0.614. The Hall–Kier alpha value is -1.26. The lowest BCUT2D eigenvalue weighted by Gasteiger charge is -2.34. The van der Waals surface area contributed by atoms with E-state index in [2.05, 4.69) is 17.1 Å². The molecule has 0 aromatic heterocycles. The fraction of sp³-hybridized carbons (Fsp3) is 0.533. The van der Waals surface area contributed by atoms with Crippen LogP contribution in [-0.4, -0.2) is 29.9 Å². The maximum atomic E-state index is 12.3. The van der Waals surface area contributed by atoms with Crippen LogP contribution in [-0.2, 0) is 4.79 Å². The molecule has 110 valence electrons.